The Morgan fingerprint density at radius 3 is 2.71 bits per heavy atom. The van der Waals surface area contributed by atoms with Crippen molar-refractivity contribution in [3.05, 3.63) is 12.7 Å². The molecule has 7 heavy (non-hydrogen) atoms. The van der Waals surface area contributed by atoms with E-state index in [2.05, 4.69) is 17.1 Å². The van der Waals surface area contributed by atoms with Crippen LogP contribution < -0.4 is 5.90 Å². The zero-order valence-corrected chi connectivity index (χ0v) is 4.73. The summed E-state index contributed by atoms with van der Waals surface area (Å²) in [6.45, 7) is 3.33. The van der Waals surface area contributed by atoms with Crippen molar-refractivity contribution in [2.75, 3.05) is 6.16 Å². The minimum absolute atomic E-state index is 0.325. The predicted molar refractivity (Wildman–Crippen MR) is 27.9 cm³/mol. The lowest BCUT2D eigenvalue weighted by molar-refractivity contribution is 0.347. The van der Waals surface area contributed by atoms with Gasteiger partial charge in [-0.25, -0.2) is 0 Å². The second-order valence-corrected chi connectivity index (χ2v) is 2.15. The van der Waals surface area contributed by atoms with Crippen molar-refractivity contribution in [1.29, 1.82) is 0 Å². The lowest BCUT2D eigenvalue weighted by atomic mass is 10.8. The Morgan fingerprint density at radius 1 is 2.00 bits per heavy atom. The van der Waals surface area contributed by atoms with Gasteiger partial charge in [-0.2, -0.15) is 5.90 Å². The fourth-order valence-electron chi connectivity index (χ4n) is 0.148. The molecule has 0 spiro atoms. The Kier molecular flexibility index (Phi) is 3.80. The van der Waals surface area contributed by atoms with Crippen LogP contribution in [-0.2, 0) is 9.19 Å². The van der Waals surface area contributed by atoms with Crippen molar-refractivity contribution >= 4 is 8.03 Å². The number of allylic oxidation sites excluding steroid dienone is 1. The van der Waals surface area contributed by atoms with Gasteiger partial charge in [0.2, 0.25) is 0 Å². The Balaban J connectivity index is 3.17. The number of nitrogens with two attached hydrogens (primary N) is 1. The average molecular weight is 120 g/mol. The van der Waals surface area contributed by atoms with Crippen LogP contribution in [0.4, 0.5) is 0 Å². The zero-order chi connectivity index (χ0) is 5.70. The molecule has 0 rings (SSSR count). The van der Waals surface area contributed by atoms with Crippen molar-refractivity contribution in [1.82, 2.24) is 0 Å². The third-order valence-corrected chi connectivity index (χ3v) is 1.19. The Morgan fingerprint density at radius 2 is 2.57 bits per heavy atom. The third kappa shape index (κ3) is 3.59. The summed E-state index contributed by atoms with van der Waals surface area (Å²) in [6.07, 6.45) is 1.82. The van der Waals surface area contributed by atoms with Gasteiger partial charge >= 0.3 is 8.03 Å². The van der Waals surface area contributed by atoms with E-state index >= 15 is 0 Å². The van der Waals surface area contributed by atoms with Gasteiger partial charge in [-0.05, 0) is 10.6 Å². The SMILES string of the molecule is C=CC[P+](=O)ON. The maximum absolute atomic E-state index is 10.1. The highest BCUT2D eigenvalue weighted by Gasteiger charge is 2.09. The molecule has 0 aliphatic rings. The van der Waals surface area contributed by atoms with Gasteiger partial charge < -0.3 is 0 Å². The first-order valence-corrected chi connectivity index (χ1v) is 3.10. The summed E-state index contributed by atoms with van der Waals surface area (Å²) in [5, 5.41) is 0. The van der Waals surface area contributed by atoms with E-state index in [1.807, 2.05) is 0 Å². The molecule has 2 N–H and O–H groups in total. The molecule has 0 aliphatic heterocycles. The molecule has 0 amide bonds. The molecule has 0 aromatic heterocycles. The first kappa shape index (κ1) is 6.76. The fourth-order valence-corrected chi connectivity index (χ4v) is 0.445. The van der Waals surface area contributed by atoms with Gasteiger partial charge in [0, 0.05) is 0 Å². The van der Waals surface area contributed by atoms with Crippen LogP contribution in [0.25, 0.3) is 0 Å². The van der Waals surface area contributed by atoms with E-state index in [1.165, 1.54) is 6.08 Å². The molecule has 1 atom stereocenters. The molecule has 0 fully saturated rings. The van der Waals surface area contributed by atoms with Gasteiger partial charge in [-0.3, -0.25) is 0 Å². The molecule has 4 heteroatoms. The van der Waals surface area contributed by atoms with Gasteiger partial charge in [-0.15, -0.1) is 0 Å². The monoisotopic (exact) mass is 120 g/mol. The first-order chi connectivity index (χ1) is 3.31. The number of hydrogen-bond acceptors (Lipinski definition) is 3. The average Bonchev–Trinajstić information content (AvgIpc) is 1.68. The molecule has 0 aliphatic carbocycles. The van der Waals surface area contributed by atoms with Gasteiger partial charge in [-0.1, -0.05) is 11.2 Å². The van der Waals surface area contributed by atoms with E-state index in [0.717, 1.165) is 0 Å². The molecule has 40 valence electrons. The highest BCUT2D eigenvalue weighted by molar-refractivity contribution is 7.39. The maximum atomic E-state index is 10.1. The molecule has 0 bridgehead atoms. The second-order valence-electron chi connectivity index (χ2n) is 0.909. The maximum Gasteiger partial charge on any atom is 0.530 e. The minimum Gasteiger partial charge on any atom is -0.164 e. The number of hydrogen-bond donors (Lipinski definition) is 1. The van der Waals surface area contributed by atoms with E-state index in [4.69, 9.17) is 0 Å². The lowest BCUT2D eigenvalue weighted by Crippen LogP contribution is -1.88. The molecule has 0 aromatic rings. The normalized spacial score (nSPS) is 10.7. The first-order valence-electron chi connectivity index (χ1n) is 1.73. The van der Waals surface area contributed by atoms with Crippen LogP contribution in [-0.4, -0.2) is 6.16 Å². The second kappa shape index (κ2) is 3.93. The van der Waals surface area contributed by atoms with Gasteiger partial charge in [0.1, 0.15) is 0 Å². The van der Waals surface area contributed by atoms with E-state index in [1.54, 1.807) is 0 Å². The lowest BCUT2D eigenvalue weighted by Gasteiger charge is -1.68. The quantitative estimate of drug-likeness (QED) is 0.340. The van der Waals surface area contributed by atoms with Crippen molar-refractivity contribution in [3.8, 4) is 0 Å². The molecule has 1 unspecified atom stereocenters. The van der Waals surface area contributed by atoms with Crippen LogP contribution in [0.1, 0.15) is 0 Å². The van der Waals surface area contributed by atoms with E-state index in [9.17, 15) is 4.57 Å². The van der Waals surface area contributed by atoms with E-state index < -0.39 is 8.03 Å². The summed E-state index contributed by atoms with van der Waals surface area (Å²) < 4.78 is 14.1. The Labute approximate surface area is 43.0 Å². The summed E-state index contributed by atoms with van der Waals surface area (Å²) in [4.78, 5) is 0. The molecule has 0 radical (unpaired) electrons. The van der Waals surface area contributed by atoms with Crippen molar-refractivity contribution in [2.24, 2.45) is 5.90 Å². The smallest absolute Gasteiger partial charge is 0.164 e. The van der Waals surface area contributed by atoms with Gasteiger partial charge in [0.05, 0.1) is 0 Å². The topological polar surface area (TPSA) is 52.3 Å². The summed E-state index contributed by atoms with van der Waals surface area (Å²) in [7, 11) is -1.67. The third-order valence-electron chi connectivity index (χ3n) is 0.396. The van der Waals surface area contributed by atoms with Crippen LogP contribution >= 0.6 is 8.03 Å². The predicted octanol–water partition coefficient (Wildman–Crippen LogP) is 0.805. The highest BCUT2D eigenvalue weighted by Crippen LogP contribution is 2.16. The zero-order valence-electron chi connectivity index (χ0n) is 3.83. The molecule has 0 heterocycles. The molecule has 0 aromatic carbocycles. The summed E-state index contributed by atoms with van der Waals surface area (Å²) in [5.41, 5.74) is 0. The van der Waals surface area contributed by atoms with E-state index in [0.29, 0.717) is 6.16 Å². The fraction of sp³-hybridized carbons (Fsp3) is 0.333. The Hall–Kier alpha value is -0.240. The van der Waals surface area contributed by atoms with Crippen LogP contribution in [0, 0.1) is 0 Å². The Bertz CT molecular complexity index is 83.0. The van der Waals surface area contributed by atoms with Crippen molar-refractivity contribution in [3.63, 3.8) is 0 Å². The van der Waals surface area contributed by atoms with Gasteiger partial charge in [0.15, 0.2) is 6.16 Å². The molecule has 3 nitrogen and oxygen atoms in total. The van der Waals surface area contributed by atoms with Crippen LogP contribution in [0.15, 0.2) is 12.7 Å². The summed E-state index contributed by atoms with van der Waals surface area (Å²) >= 11 is 0. The van der Waals surface area contributed by atoms with Gasteiger partial charge in [0.25, 0.3) is 0 Å². The molecular weight excluding hydrogens is 113 g/mol. The molecule has 0 saturated carbocycles. The van der Waals surface area contributed by atoms with Crippen LogP contribution in [0.3, 0.4) is 0 Å². The summed E-state index contributed by atoms with van der Waals surface area (Å²) in [6, 6.07) is 0. The molecule has 0 saturated heterocycles. The van der Waals surface area contributed by atoms with Crippen LogP contribution in [0.2, 0.25) is 0 Å². The summed E-state index contributed by atoms with van der Waals surface area (Å²) in [5.74, 6) is 4.53. The minimum atomic E-state index is -1.67. The standard InChI is InChI=1S/C3H7NO2P/c1-2-3-7(5)6-4/h2H,1,3-4H2/q+1. The van der Waals surface area contributed by atoms with E-state index in [-0.39, 0.29) is 0 Å². The highest BCUT2D eigenvalue weighted by atomic mass is 31.1. The van der Waals surface area contributed by atoms with Crippen molar-refractivity contribution < 1.29 is 9.19 Å². The number of rotatable bonds is 3. The van der Waals surface area contributed by atoms with Crippen molar-refractivity contribution in [2.45, 2.75) is 0 Å². The van der Waals surface area contributed by atoms with Crippen LogP contribution in [0.5, 0.6) is 0 Å². The molecular formula is C3H7NO2P+. The largest absolute Gasteiger partial charge is 0.530 e.